The Kier molecular flexibility index (Phi) is 6.05. The minimum Gasteiger partial charge on any atom is -0.324 e. The lowest BCUT2D eigenvalue weighted by molar-refractivity contribution is -0.122. The van der Waals surface area contributed by atoms with Crippen molar-refractivity contribution in [1.29, 1.82) is 0 Å². The maximum Gasteiger partial charge on any atom is 0.247 e. The molecule has 4 rings (SSSR count). The molecule has 1 atom stereocenters. The van der Waals surface area contributed by atoms with E-state index in [0.29, 0.717) is 35.1 Å². The zero-order valence-corrected chi connectivity index (χ0v) is 18.7. The highest BCUT2D eigenvalue weighted by atomic mass is 35.5. The molecular formula is C22H24ClN3O4S. The van der Waals surface area contributed by atoms with Crippen LogP contribution in [0.15, 0.2) is 47.4 Å². The molecule has 2 heterocycles. The van der Waals surface area contributed by atoms with Crippen molar-refractivity contribution in [2.24, 2.45) is 0 Å². The van der Waals surface area contributed by atoms with Crippen LogP contribution >= 0.6 is 11.6 Å². The average Bonchev–Trinajstić information content (AvgIpc) is 3.15. The van der Waals surface area contributed by atoms with E-state index >= 15 is 0 Å². The van der Waals surface area contributed by atoms with Crippen molar-refractivity contribution in [3.63, 3.8) is 0 Å². The summed E-state index contributed by atoms with van der Waals surface area (Å²) in [4.78, 5) is 26.9. The number of carbonyl (C=O) groups is 2. The fourth-order valence-corrected chi connectivity index (χ4v) is 5.89. The van der Waals surface area contributed by atoms with E-state index in [1.165, 1.54) is 22.2 Å². The van der Waals surface area contributed by atoms with Crippen molar-refractivity contribution in [3.05, 3.63) is 53.1 Å². The third-order valence-corrected chi connectivity index (χ3v) is 7.89. The third kappa shape index (κ3) is 4.33. The van der Waals surface area contributed by atoms with Gasteiger partial charge in [-0.25, -0.2) is 8.42 Å². The summed E-state index contributed by atoms with van der Waals surface area (Å²) in [5, 5.41) is 3.36. The fourth-order valence-electron chi connectivity index (χ4n) is 4.20. The van der Waals surface area contributed by atoms with Gasteiger partial charge in [0.05, 0.1) is 4.90 Å². The van der Waals surface area contributed by atoms with Crippen LogP contribution in [0.1, 0.15) is 31.7 Å². The Morgan fingerprint density at radius 2 is 1.71 bits per heavy atom. The Morgan fingerprint density at radius 3 is 2.35 bits per heavy atom. The van der Waals surface area contributed by atoms with Gasteiger partial charge < -0.3 is 5.32 Å². The van der Waals surface area contributed by atoms with Gasteiger partial charge in [-0.1, -0.05) is 18.0 Å². The van der Waals surface area contributed by atoms with Crippen molar-refractivity contribution in [2.45, 2.75) is 43.5 Å². The number of halogens is 1. The number of hydrogen-bond acceptors (Lipinski definition) is 4. The number of hydrogen-bond donors (Lipinski definition) is 1. The van der Waals surface area contributed by atoms with Crippen molar-refractivity contribution >= 4 is 44.8 Å². The lowest BCUT2D eigenvalue weighted by Gasteiger charge is -2.26. The molecule has 0 bridgehead atoms. The lowest BCUT2D eigenvalue weighted by atomic mass is 10.1. The first kappa shape index (κ1) is 21.8. The van der Waals surface area contributed by atoms with Gasteiger partial charge in [-0.3, -0.25) is 14.5 Å². The van der Waals surface area contributed by atoms with Gasteiger partial charge in [0.2, 0.25) is 21.8 Å². The summed E-state index contributed by atoms with van der Waals surface area (Å²) in [5.41, 5.74) is 1.81. The van der Waals surface area contributed by atoms with Crippen LogP contribution in [0.25, 0.3) is 0 Å². The number of benzene rings is 2. The number of fused-ring (bicyclic) bond motifs is 1. The molecule has 0 radical (unpaired) electrons. The van der Waals surface area contributed by atoms with Gasteiger partial charge in [0, 0.05) is 42.8 Å². The van der Waals surface area contributed by atoms with E-state index in [1.54, 1.807) is 36.4 Å². The molecule has 1 saturated heterocycles. The molecule has 2 aromatic rings. The summed E-state index contributed by atoms with van der Waals surface area (Å²) in [6, 6.07) is 10.7. The van der Waals surface area contributed by atoms with Crippen molar-refractivity contribution in [2.75, 3.05) is 23.3 Å². The van der Waals surface area contributed by atoms with E-state index in [2.05, 4.69) is 5.32 Å². The lowest BCUT2D eigenvalue weighted by Crippen LogP contribution is -2.44. The van der Waals surface area contributed by atoms with E-state index in [-0.39, 0.29) is 23.1 Å². The van der Waals surface area contributed by atoms with Crippen molar-refractivity contribution in [3.8, 4) is 0 Å². The molecule has 0 spiro atoms. The maximum absolute atomic E-state index is 13.0. The van der Waals surface area contributed by atoms with E-state index in [0.717, 1.165) is 19.3 Å². The van der Waals surface area contributed by atoms with Gasteiger partial charge in [-0.15, -0.1) is 0 Å². The molecule has 9 heteroatoms. The molecule has 0 aliphatic carbocycles. The topological polar surface area (TPSA) is 86.8 Å². The van der Waals surface area contributed by atoms with Gasteiger partial charge in [0.1, 0.15) is 6.04 Å². The molecule has 31 heavy (non-hydrogen) atoms. The molecule has 2 aliphatic heterocycles. The molecule has 0 aromatic heterocycles. The Hall–Kier alpha value is -2.42. The Labute approximate surface area is 187 Å². The van der Waals surface area contributed by atoms with Gasteiger partial charge in [0.25, 0.3) is 0 Å². The summed E-state index contributed by atoms with van der Waals surface area (Å²) < 4.78 is 27.6. The number of piperidine rings is 1. The zero-order chi connectivity index (χ0) is 22.2. The van der Waals surface area contributed by atoms with Gasteiger partial charge >= 0.3 is 0 Å². The van der Waals surface area contributed by atoms with Gasteiger partial charge in [-0.05, 0) is 60.9 Å². The Balaban J connectivity index is 1.60. The second kappa shape index (κ2) is 8.61. The van der Waals surface area contributed by atoms with Crippen molar-refractivity contribution in [1.82, 2.24) is 4.31 Å². The zero-order valence-electron chi connectivity index (χ0n) is 17.2. The Morgan fingerprint density at radius 1 is 1.03 bits per heavy atom. The standard InChI is InChI=1S/C22H24ClN3O4S/c1-15(27)26-20-10-9-19(31(29,30)25-11-3-2-4-12-25)13-16(20)14-21(26)22(28)24-18-7-5-17(23)6-8-18/h5-10,13,21H,2-4,11-12,14H2,1H3,(H,24,28)/t21-/m0/s1. The van der Waals surface area contributed by atoms with Gasteiger partial charge in [0.15, 0.2) is 0 Å². The molecule has 1 fully saturated rings. The van der Waals surface area contributed by atoms with E-state index in [1.807, 2.05) is 0 Å². The Bertz CT molecular complexity index is 1110. The summed E-state index contributed by atoms with van der Waals surface area (Å²) >= 11 is 5.89. The second-order valence-electron chi connectivity index (χ2n) is 7.86. The molecule has 1 N–H and O–H groups in total. The number of anilines is 2. The van der Waals surface area contributed by atoms with Crippen LogP contribution < -0.4 is 10.2 Å². The summed E-state index contributed by atoms with van der Waals surface area (Å²) in [5.74, 6) is -0.615. The number of nitrogens with one attached hydrogen (secondary N) is 1. The van der Waals surface area contributed by atoms with Crippen LogP contribution in [0, 0.1) is 0 Å². The monoisotopic (exact) mass is 461 g/mol. The third-order valence-electron chi connectivity index (χ3n) is 5.74. The van der Waals surface area contributed by atoms with Crippen LogP contribution in [0.2, 0.25) is 5.02 Å². The minimum atomic E-state index is -3.59. The first-order valence-electron chi connectivity index (χ1n) is 10.3. The quantitative estimate of drug-likeness (QED) is 0.755. The molecule has 2 aliphatic rings. The van der Waals surface area contributed by atoms with Crippen molar-refractivity contribution < 1.29 is 18.0 Å². The molecule has 2 aromatic carbocycles. The number of carbonyl (C=O) groups excluding carboxylic acids is 2. The second-order valence-corrected chi connectivity index (χ2v) is 10.2. The SMILES string of the molecule is CC(=O)N1c2ccc(S(=O)(=O)N3CCCCC3)cc2C[C@H]1C(=O)Nc1ccc(Cl)cc1. The highest BCUT2D eigenvalue weighted by Gasteiger charge is 2.38. The van der Waals surface area contributed by atoms with Crippen LogP contribution in [0.4, 0.5) is 11.4 Å². The number of sulfonamides is 1. The van der Waals surface area contributed by atoms with Gasteiger partial charge in [-0.2, -0.15) is 4.31 Å². The van der Waals surface area contributed by atoms with Crippen LogP contribution in [-0.4, -0.2) is 43.7 Å². The first-order chi connectivity index (χ1) is 14.8. The smallest absolute Gasteiger partial charge is 0.247 e. The molecular weight excluding hydrogens is 438 g/mol. The van der Waals surface area contributed by atoms with E-state index < -0.39 is 16.1 Å². The minimum absolute atomic E-state index is 0.204. The van der Waals surface area contributed by atoms with Crippen LogP contribution in [0.5, 0.6) is 0 Å². The fraction of sp³-hybridized carbons (Fsp3) is 0.364. The molecule has 0 unspecified atom stereocenters. The number of amides is 2. The van der Waals surface area contributed by atoms with E-state index in [4.69, 9.17) is 11.6 Å². The highest BCUT2D eigenvalue weighted by molar-refractivity contribution is 7.89. The normalized spacial score (nSPS) is 19.2. The number of rotatable bonds is 4. The molecule has 164 valence electrons. The predicted molar refractivity (Wildman–Crippen MR) is 120 cm³/mol. The summed E-state index contributed by atoms with van der Waals surface area (Å²) in [7, 11) is -3.59. The number of nitrogens with zero attached hydrogens (tertiary/aromatic N) is 2. The predicted octanol–water partition coefficient (Wildman–Crippen LogP) is 3.43. The highest BCUT2D eigenvalue weighted by Crippen LogP contribution is 2.35. The molecule has 0 saturated carbocycles. The average molecular weight is 462 g/mol. The van der Waals surface area contributed by atoms with Crippen LogP contribution in [0.3, 0.4) is 0 Å². The summed E-state index contributed by atoms with van der Waals surface area (Å²) in [6.07, 6.45) is 3.00. The first-order valence-corrected chi connectivity index (χ1v) is 12.1. The van der Waals surface area contributed by atoms with Crippen LogP contribution in [-0.2, 0) is 26.0 Å². The largest absolute Gasteiger partial charge is 0.324 e. The molecule has 2 amide bonds. The maximum atomic E-state index is 13.0. The summed E-state index contributed by atoms with van der Waals surface area (Å²) in [6.45, 7) is 2.44. The molecule has 7 nitrogen and oxygen atoms in total. The van der Waals surface area contributed by atoms with E-state index in [9.17, 15) is 18.0 Å².